The first-order valence-electron chi connectivity index (χ1n) is 7.20. The van der Waals surface area contributed by atoms with Crippen molar-refractivity contribution in [3.8, 4) is 0 Å². The summed E-state index contributed by atoms with van der Waals surface area (Å²) in [6.07, 6.45) is 6.48. The van der Waals surface area contributed by atoms with E-state index in [9.17, 15) is 9.90 Å². The minimum atomic E-state index is -0.215. The molecule has 1 amide bonds. The number of aliphatic hydroxyl groups excluding tert-OH is 1. The molecule has 0 spiro atoms. The van der Waals surface area contributed by atoms with Crippen molar-refractivity contribution in [2.45, 2.75) is 57.9 Å². The van der Waals surface area contributed by atoms with Crippen molar-refractivity contribution in [2.75, 3.05) is 19.7 Å². The maximum absolute atomic E-state index is 11.7. The SMILES string of the molecule is CC(C)CCNC(=O)CNC1(CO)CCCCC1. The Morgan fingerprint density at radius 3 is 2.50 bits per heavy atom. The lowest BCUT2D eigenvalue weighted by atomic mass is 9.82. The fourth-order valence-corrected chi connectivity index (χ4v) is 2.45. The fraction of sp³-hybridized carbons (Fsp3) is 0.929. The van der Waals surface area contributed by atoms with Gasteiger partial charge in [0.1, 0.15) is 0 Å². The van der Waals surface area contributed by atoms with Crippen molar-refractivity contribution in [2.24, 2.45) is 5.92 Å². The second-order valence-electron chi connectivity index (χ2n) is 5.89. The van der Waals surface area contributed by atoms with Gasteiger partial charge in [-0.15, -0.1) is 0 Å². The highest BCUT2D eigenvalue weighted by atomic mass is 16.3. The van der Waals surface area contributed by atoms with Crippen molar-refractivity contribution in [1.29, 1.82) is 0 Å². The molecule has 0 unspecified atom stereocenters. The van der Waals surface area contributed by atoms with Gasteiger partial charge in [-0.25, -0.2) is 0 Å². The van der Waals surface area contributed by atoms with E-state index in [1.807, 2.05) is 0 Å². The van der Waals surface area contributed by atoms with Crippen molar-refractivity contribution in [3.05, 3.63) is 0 Å². The third-order valence-corrected chi connectivity index (χ3v) is 3.78. The highest BCUT2D eigenvalue weighted by Crippen LogP contribution is 2.27. The molecular weight excluding hydrogens is 228 g/mol. The van der Waals surface area contributed by atoms with E-state index < -0.39 is 0 Å². The highest BCUT2D eigenvalue weighted by molar-refractivity contribution is 5.78. The quantitative estimate of drug-likeness (QED) is 0.646. The Morgan fingerprint density at radius 2 is 1.94 bits per heavy atom. The summed E-state index contributed by atoms with van der Waals surface area (Å²) >= 11 is 0. The molecule has 1 saturated carbocycles. The lowest BCUT2D eigenvalue weighted by Crippen LogP contribution is -2.53. The van der Waals surface area contributed by atoms with Crippen LogP contribution in [0, 0.1) is 5.92 Å². The summed E-state index contributed by atoms with van der Waals surface area (Å²) in [6, 6.07) is 0. The van der Waals surface area contributed by atoms with Gasteiger partial charge in [-0.3, -0.25) is 4.79 Å². The number of carbonyl (C=O) groups is 1. The van der Waals surface area contributed by atoms with E-state index >= 15 is 0 Å². The van der Waals surface area contributed by atoms with Crippen molar-refractivity contribution >= 4 is 5.91 Å². The van der Waals surface area contributed by atoms with Gasteiger partial charge in [0.2, 0.25) is 5.91 Å². The first-order chi connectivity index (χ1) is 8.58. The molecule has 0 aromatic heterocycles. The summed E-state index contributed by atoms with van der Waals surface area (Å²) < 4.78 is 0. The van der Waals surface area contributed by atoms with Crippen LogP contribution in [0.3, 0.4) is 0 Å². The zero-order valence-corrected chi connectivity index (χ0v) is 11.8. The van der Waals surface area contributed by atoms with Gasteiger partial charge in [-0.1, -0.05) is 33.1 Å². The first-order valence-corrected chi connectivity index (χ1v) is 7.20. The molecule has 0 saturated heterocycles. The van der Waals surface area contributed by atoms with Gasteiger partial charge in [0.25, 0.3) is 0 Å². The highest BCUT2D eigenvalue weighted by Gasteiger charge is 2.31. The Balaban J connectivity index is 2.23. The third-order valence-electron chi connectivity index (χ3n) is 3.78. The van der Waals surface area contributed by atoms with Crippen LogP contribution in [-0.2, 0) is 4.79 Å². The Hall–Kier alpha value is -0.610. The normalized spacial score (nSPS) is 18.9. The van der Waals surface area contributed by atoms with Crippen LogP contribution in [0.25, 0.3) is 0 Å². The van der Waals surface area contributed by atoms with Crippen LogP contribution in [-0.4, -0.2) is 36.2 Å². The summed E-state index contributed by atoms with van der Waals surface area (Å²) in [5.74, 6) is 0.648. The summed E-state index contributed by atoms with van der Waals surface area (Å²) in [5, 5.41) is 15.7. The Kier molecular flexibility index (Phi) is 6.65. The molecule has 1 fully saturated rings. The number of hydrogen-bond donors (Lipinski definition) is 3. The smallest absolute Gasteiger partial charge is 0.233 e. The fourth-order valence-electron chi connectivity index (χ4n) is 2.45. The summed E-state index contributed by atoms with van der Waals surface area (Å²) in [7, 11) is 0. The number of carbonyl (C=O) groups excluding carboxylic acids is 1. The van der Waals surface area contributed by atoms with E-state index in [1.165, 1.54) is 6.42 Å². The Morgan fingerprint density at radius 1 is 1.28 bits per heavy atom. The molecule has 0 heterocycles. The third kappa shape index (κ3) is 5.36. The predicted octanol–water partition coefficient (Wildman–Crippen LogP) is 1.43. The molecule has 106 valence electrons. The monoisotopic (exact) mass is 256 g/mol. The van der Waals surface area contributed by atoms with Crippen LogP contribution >= 0.6 is 0 Å². The summed E-state index contributed by atoms with van der Waals surface area (Å²) in [4.78, 5) is 11.7. The summed E-state index contributed by atoms with van der Waals surface area (Å²) in [6.45, 7) is 5.48. The molecular formula is C14H28N2O2. The number of rotatable bonds is 7. The molecule has 1 rings (SSSR count). The zero-order chi connectivity index (χ0) is 13.4. The van der Waals surface area contributed by atoms with Crippen LogP contribution < -0.4 is 10.6 Å². The average Bonchev–Trinajstić information content (AvgIpc) is 2.37. The first kappa shape index (κ1) is 15.4. The maximum Gasteiger partial charge on any atom is 0.233 e. The molecule has 1 aliphatic rings. The molecule has 1 aliphatic carbocycles. The second-order valence-corrected chi connectivity index (χ2v) is 5.89. The average molecular weight is 256 g/mol. The maximum atomic E-state index is 11.7. The van der Waals surface area contributed by atoms with Crippen LogP contribution in [0.5, 0.6) is 0 Å². The zero-order valence-electron chi connectivity index (χ0n) is 11.8. The van der Waals surface area contributed by atoms with Gasteiger partial charge >= 0.3 is 0 Å². The van der Waals surface area contributed by atoms with Gasteiger partial charge in [0, 0.05) is 12.1 Å². The minimum Gasteiger partial charge on any atom is -0.394 e. The van der Waals surface area contributed by atoms with Crippen LogP contribution in [0.1, 0.15) is 52.4 Å². The van der Waals surface area contributed by atoms with Gasteiger partial charge in [0.15, 0.2) is 0 Å². The van der Waals surface area contributed by atoms with Gasteiger partial charge in [0.05, 0.1) is 13.2 Å². The molecule has 0 aliphatic heterocycles. The van der Waals surface area contributed by atoms with Gasteiger partial charge in [-0.05, 0) is 25.2 Å². The Bertz CT molecular complexity index is 248. The number of hydrogen-bond acceptors (Lipinski definition) is 3. The molecule has 4 nitrogen and oxygen atoms in total. The van der Waals surface area contributed by atoms with E-state index in [-0.39, 0.29) is 18.1 Å². The van der Waals surface area contributed by atoms with Gasteiger partial charge in [-0.2, -0.15) is 0 Å². The minimum absolute atomic E-state index is 0.0362. The molecule has 18 heavy (non-hydrogen) atoms. The van der Waals surface area contributed by atoms with Gasteiger partial charge < -0.3 is 15.7 Å². The Labute approximate surface area is 111 Å². The van der Waals surface area contributed by atoms with Crippen molar-refractivity contribution < 1.29 is 9.90 Å². The van der Waals surface area contributed by atoms with Crippen LogP contribution in [0.4, 0.5) is 0 Å². The largest absolute Gasteiger partial charge is 0.394 e. The molecule has 0 bridgehead atoms. The van der Waals surface area contributed by atoms with Crippen LogP contribution in [0.15, 0.2) is 0 Å². The standard InChI is InChI=1S/C14H28N2O2/c1-12(2)6-9-15-13(18)10-16-14(11-17)7-4-3-5-8-14/h12,16-17H,3-11H2,1-2H3,(H,15,18). The summed E-state index contributed by atoms with van der Waals surface area (Å²) in [5.41, 5.74) is -0.215. The van der Waals surface area contributed by atoms with E-state index in [4.69, 9.17) is 0 Å². The molecule has 0 radical (unpaired) electrons. The number of aliphatic hydroxyl groups is 1. The van der Waals surface area contributed by atoms with Crippen molar-refractivity contribution in [1.82, 2.24) is 10.6 Å². The number of amides is 1. The van der Waals surface area contributed by atoms with E-state index in [0.717, 1.165) is 38.6 Å². The lowest BCUT2D eigenvalue weighted by molar-refractivity contribution is -0.120. The van der Waals surface area contributed by atoms with E-state index in [2.05, 4.69) is 24.5 Å². The molecule has 0 atom stereocenters. The van der Waals surface area contributed by atoms with Crippen LogP contribution in [0.2, 0.25) is 0 Å². The molecule has 3 N–H and O–H groups in total. The van der Waals surface area contributed by atoms with E-state index in [1.54, 1.807) is 0 Å². The lowest BCUT2D eigenvalue weighted by Gasteiger charge is -2.36. The van der Waals surface area contributed by atoms with Crippen molar-refractivity contribution in [3.63, 3.8) is 0 Å². The molecule has 0 aromatic rings. The van der Waals surface area contributed by atoms with E-state index in [0.29, 0.717) is 12.5 Å². The second kappa shape index (κ2) is 7.74. The number of nitrogens with one attached hydrogen (secondary N) is 2. The predicted molar refractivity (Wildman–Crippen MR) is 73.4 cm³/mol. The topological polar surface area (TPSA) is 61.4 Å². The molecule has 4 heteroatoms. The molecule has 0 aromatic carbocycles.